The van der Waals surface area contributed by atoms with Crippen LogP contribution in [0.15, 0.2) is 320 Å². The normalized spacial score (nSPS) is 12.1. The molecular formula is C88H53BrN4S2. The predicted octanol–water partition coefficient (Wildman–Crippen LogP) is 26.1. The summed E-state index contributed by atoms with van der Waals surface area (Å²) in [6.07, 6.45) is 0. The SMILES string of the molecule is Brc1ccc2c(c1)sc1ccccc12.c1ccc(-n2c3ccccc3c3c4c5cc6ccccc6cc5[nH]c4c4ccccc4c32)cc1.c1ccc(-n2c3ccccc3c3c4c5cc6ccccc6cc5n(-c5ccc6c(c5)sc5ccccc56)c4c4ccccc4c32)cc1. The summed E-state index contributed by atoms with van der Waals surface area (Å²) in [5, 5.41) is 25.8. The molecule has 0 aliphatic heterocycles. The molecule has 1 N–H and O–H groups in total. The quantitative estimate of drug-likeness (QED) is 0.183. The topological polar surface area (TPSA) is 30.6 Å². The standard InChI is InChI=1S/C44H26N2S.C32H20N2.C12H7BrS/c1-2-14-29(15-3-1)45-37-20-10-8-19-35(37)41-42-36-24-27-12-4-5-13-28(27)25-38(36)46(44(42)34-18-7-6-17-33(34)43(41)45)30-22-23-32-31-16-9-11-21-39(31)47-40(32)26-30;1-2-12-22(13-3-1)34-28-17-9-8-16-25(28)30-29-26-18-20-10-4-5-11-21(20)19-27(26)33-31(29)23-14-6-7-15-24(23)32(30)34;13-8-5-6-10-9-3-1-2-4-11(9)14-12(10)7-8/h1-26H;1-19,33H;1-7H. The minimum absolute atomic E-state index is 1.15. The molecule has 4 nitrogen and oxygen atoms in total. The van der Waals surface area contributed by atoms with Crippen LogP contribution in [0.1, 0.15) is 0 Å². The largest absolute Gasteiger partial charge is 0.354 e. The summed E-state index contributed by atoms with van der Waals surface area (Å²) in [5.41, 5.74) is 13.4. The molecule has 0 aliphatic carbocycles. The van der Waals surface area contributed by atoms with Crippen LogP contribution in [0.5, 0.6) is 0 Å². The van der Waals surface area contributed by atoms with Crippen LogP contribution >= 0.6 is 38.6 Å². The van der Waals surface area contributed by atoms with E-state index in [-0.39, 0.29) is 0 Å². The third-order valence-electron chi connectivity index (χ3n) is 19.6. The van der Waals surface area contributed by atoms with E-state index in [0.717, 1.165) is 4.47 Å². The molecule has 0 fully saturated rings. The average molecular weight is 1310 g/mol. The summed E-state index contributed by atoms with van der Waals surface area (Å²) in [5.74, 6) is 0. The number of para-hydroxylation sites is 4. The average Bonchev–Trinajstić information content (AvgIpc) is 1.54. The van der Waals surface area contributed by atoms with Gasteiger partial charge in [-0.25, -0.2) is 0 Å². The number of nitrogens with one attached hydrogen (secondary N) is 1. The Hall–Kier alpha value is -11.3. The van der Waals surface area contributed by atoms with Crippen LogP contribution in [0.4, 0.5) is 0 Å². The highest BCUT2D eigenvalue weighted by Crippen LogP contribution is 2.50. The lowest BCUT2D eigenvalue weighted by Gasteiger charge is -2.13. The first-order chi connectivity index (χ1) is 47.1. The molecule has 0 bridgehead atoms. The number of hydrogen-bond donors (Lipinski definition) is 1. The van der Waals surface area contributed by atoms with Gasteiger partial charge in [0.15, 0.2) is 0 Å². The summed E-state index contributed by atoms with van der Waals surface area (Å²) >= 11 is 7.22. The molecule has 95 heavy (non-hydrogen) atoms. The van der Waals surface area contributed by atoms with Gasteiger partial charge in [0.05, 0.1) is 38.6 Å². The van der Waals surface area contributed by atoms with Crippen LogP contribution in [0.25, 0.3) is 188 Å². The smallest absolute Gasteiger partial charge is 0.0627 e. The molecule has 0 radical (unpaired) electrons. The van der Waals surface area contributed by atoms with Crippen molar-refractivity contribution in [3.8, 4) is 17.1 Å². The Morgan fingerprint density at radius 1 is 0.242 bits per heavy atom. The highest BCUT2D eigenvalue weighted by atomic mass is 79.9. The van der Waals surface area contributed by atoms with Crippen LogP contribution < -0.4 is 0 Å². The van der Waals surface area contributed by atoms with Gasteiger partial charge in [-0.1, -0.05) is 234 Å². The van der Waals surface area contributed by atoms with Crippen molar-refractivity contribution >= 4 is 209 Å². The van der Waals surface area contributed by atoms with Gasteiger partial charge in [-0.3, -0.25) is 0 Å². The van der Waals surface area contributed by atoms with Crippen molar-refractivity contribution in [2.75, 3.05) is 0 Å². The number of aromatic nitrogens is 4. The summed E-state index contributed by atoms with van der Waals surface area (Å²) in [7, 11) is 0. The summed E-state index contributed by atoms with van der Waals surface area (Å²) in [6.45, 7) is 0. The first-order valence-electron chi connectivity index (χ1n) is 32.2. The fourth-order valence-electron chi connectivity index (χ4n) is 15.6. The lowest BCUT2D eigenvalue weighted by atomic mass is 9.98. The number of halogens is 1. The van der Waals surface area contributed by atoms with Gasteiger partial charge < -0.3 is 18.7 Å². The lowest BCUT2D eigenvalue weighted by molar-refractivity contribution is 1.18. The Labute approximate surface area is 560 Å². The van der Waals surface area contributed by atoms with Crippen LogP contribution in [-0.4, -0.2) is 18.7 Å². The third-order valence-corrected chi connectivity index (χ3v) is 22.4. The van der Waals surface area contributed by atoms with Crippen LogP contribution in [0, 0.1) is 0 Å². The van der Waals surface area contributed by atoms with Crippen molar-refractivity contribution in [1.82, 2.24) is 18.7 Å². The molecule has 444 valence electrons. The Morgan fingerprint density at radius 2 is 0.632 bits per heavy atom. The van der Waals surface area contributed by atoms with Gasteiger partial charge in [0.2, 0.25) is 0 Å². The Balaban J connectivity index is 0.000000112. The second-order valence-electron chi connectivity index (χ2n) is 24.8. The van der Waals surface area contributed by atoms with E-state index >= 15 is 0 Å². The molecule has 16 aromatic carbocycles. The Morgan fingerprint density at radius 3 is 1.20 bits per heavy atom. The monoisotopic (exact) mass is 1310 g/mol. The van der Waals surface area contributed by atoms with Crippen molar-refractivity contribution in [3.63, 3.8) is 0 Å². The molecule has 0 saturated heterocycles. The van der Waals surface area contributed by atoms with Crippen molar-refractivity contribution < 1.29 is 0 Å². The van der Waals surface area contributed by atoms with E-state index in [2.05, 4.69) is 350 Å². The van der Waals surface area contributed by atoms with E-state index in [9.17, 15) is 0 Å². The summed E-state index contributed by atoms with van der Waals surface area (Å²) in [4.78, 5) is 3.81. The zero-order valence-corrected chi connectivity index (χ0v) is 54.3. The molecule has 0 aliphatic rings. The molecule has 22 aromatic rings. The number of thiophene rings is 2. The number of nitrogens with zero attached hydrogens (tertiary/aromatic N) is 3. The van der Waals surface area contributed by atoms with Gasteiger partial charge in [0.1, 0.15) is 0 Å². The molecule has 6 heterocycles. The van der Waals surface area contributed by atoms with E-state index < -0.39 is 0 Å². The molecule has 6 aromatic heterocycles. The maximum Gasteiger partial charge on any atom is 0.0627 e. The first-order valence-corrected chi connectivity index (χ1v) is 34.7. The van der Waals surface area contributed by atoms with Crippen LogP contribution in [-0.2, 0) is 0 Å². The number of aromatic amines is 1. The number of H-pyrrole nitrogens is 1. The second kappa shape index (κ2) is 21.4. The van der Waals surface area contributed by atoms with Gasteiger partial charge >= 0.3 is 0 Å². The first kappa shape index (κ1) is 54.3. The maximum absolute atomic E-state index is 3.81. The highest BCUT2D eigenvalue weighted by Gasteiger charge is 2.26. The summed E-state index contributed by atoms with van der Waals surface area (Å²) in [6, 6.07) is 115. The van der Waals surface area contributed by atoms with E-state index in [1.165, 1.54) is 188 Å². The number of fused-ring (bicyclic) bond motifs is 28. The number of benzene rings is 16. The predicted molar refractivity (Wildman–Crippen MR) is 415 cm³/mol. The van der Waals surface area contributed by atoms with E-state index in [1.54, 1.807) is 0 Å². The Kier molecular flexibility index (Phi) is 12.2. The van der Waals surface area contributed by atoms with Gasteiger partial charge in [0, 0.05) is 132 Å². The third kappa shape index (κ3) is 8.30. The highest BCUT2D eigenvalue weighted by molar-refractivity contribution is 9.10. The molecule has 22 rings (SSSR count). The zero-order chi connectivity index (χ0) is 62.4. The van der Waals surface area contributed by atoms with Gasteiger partial charge in [-0.15, -0.1) is 22.7 Å². The van der Waals surface area contributed by atoms with Crippen molar-refractivity contribution in [2.24, 2.45) is 0 Å². The van der Waals surface area contributed by atoms with Gasteiger partial charge in [0.25, 0.3) is 0 Å². The van der Waals surface area contributed by atoms with E-state index in [0.29, 0.717) is 0 Å². The van der Waals surface area contributed by atoms with Crippen LogP contribution in [0.3, 0.4) is 0 Å². The van der Waals surface area contributed by atoms with Gasteiger partial charge in [-0.2, -0.15) is 0 Å². The fourth-order valence-corrected chi connectivity index (χ4v) is 18.4. The minimum Gasteiger partial charge on any atom is -0.354 e. The number of rotatable bonds is 3. The van der Waals surface area contributed by atoms with E-state index in [4.69, 9.17) is 0 Å². The molecule has 0 unspecified atom stereocenters. The second-order valence-corrected chi connectivity index (χ2v) is 27.9. The molecule has 0 spiro atoms. The maximum atomic E-state index is 3.81. The number of hydrogen-bond acceptors (Lipinski definition) is 2. The van der Waals surface area contributed by atoms with Crippen molar-refractivity contribution in [1.29, 1.82) is 0 Å². The van der Waals surface area contributed by atoms with E-state index in [1.807, 2.05) is 22.7 Å². The van der Waals surface area contributed by atoms with Crippen LogP contribution in [0.2, 0.25) is 0 Å². The molecule has 7 heteroatoms. The minimum atomic E-state index is 1.15. The lowest BCUT2D eigenvalue weighted by Crippen LogP contribution is -1.96. The fraction of sp³-hybridized carbons (Fsp3) is 0. The molecule has 0 amide bonds. The van der Waals surface area contributed by atoms with Gasteiger partial charge in [-0.05, 0) is 119 Å². The summed E-state index contributed by atoms with van der Waals surface area (Å²) < 4.78 is 13.9. The Bertz CT molecular complexity index is 6920. The van der Waals surface area contributed by atoms with Crippen molar-refractivity contribution in [3.05, 3.63) is 320 Å². The van der Waals surface area contributed by atoms with Crippen molar-refractivity contribution in [2.45, 2.75) is 0 Å². The molecule has 0 saturated carbocycles. The molecule has 0 atom stereocenters. The zero-order valence-electron chi connectivity index (χ0n) is 51.1. The molecular weight excluding hydrogens is 1260 g/mol.